The van der Waals surface area contributed by atoms with E-state index in [1.165, 1.54) is 17.7 Å². The maximum atomic E-state index is 12.2. The van der Waals surface area contributed by atoms with Crippen molar-refractivity contribution in [1.29, 1.82) is 0 Å². The van der Waals surface area contributed by atoms with E-state index in [-0.39, 0.29) is 0 Å². The first-order valence-electron chi connectivity index (χ1n) is 6.83. The van der Waals surface area contributed by atoms with Crippen molar-refractivity contribution in [3.8, 4) is 0 Å². The minimum Gasteiger partial charge on any atom is -0.299 e. The van der Waals surface area contributed by atoms with Gasteiger partial charge in [0.05, 0.1) is 3.79 Å². The van der Waals surface area contributed by atoms with Crippen molar-refractivity contribution in [3.63, 3.8) is 0 Å². The van der Waals surface area contributed by atoms with Crippen LogP contribution in [-0.4, -0.2) is 5.78 Å². The summed E-state index contributed by atoms with van der Waals surface area (Å²) in [5, 5.41) is 0. The molecule has 1 saturated carbocycles. The molecular formula is C15H21BrOS. The van der Waals surface area contributed by atoms with Crippen molar-refractivity contribution >= 4 is 33.0 Å². The Balaban J connectivity index is 1.84. The van der Waals surface area contributed by atoms with Crippen LogP contribution in [-0.2, 0) is 11.2 Å². The maximum absolute atomic E-state index is 12.2. The summed E-state index contributed by atoms with van der Waals surface area (Å²) in [6, 6.07) is 4.09. The Morgan fingerprint density at radius 2 is 2.00 bits per heavy atom. The average Bonchev–Trinajstić information content (AvgIpc) is 2.75. The molecule has 1 fully saturated rings. The lowest BCUT2D eigenvalue weighted by Gasteiger charge is -2.30. The molecule has 1 heterocycles. The molecule has 3 heteroatoms. The van der Waals surface area contributed by atoms with Gasteiger partial charge in [-0.1, -0.05) is 13.8 Å². The molecule has 0 bridgehead atoms. The fourth-order valence-corrected chi connectivity index (χ4v) is 4.36. The Hall–Kier alpha value is -0.150. The molecule has 1 aromatic rings. The number of Topliss-reactive ketones (excluding diaryl/α,β-unsaturated/α-hetero) is 1. The quantitative estimate of drug-likeness (QED) is 0.752. The largest absolute Gasteiger partial charge is 0.299 e. The third-order valence-electron chi connectivity index (χ3n) is 4.15. The molecule has 0 amide bonds. The van der Waals surface area contributed by atoms with Crippen molar-refractivity contribution in [2.45, 2.75) is 46.0 Å². The van der Waals surface area contributed by atoms with Crippen LogP contribution in [0.4, 0.5) is 0 Å². The van der Waals surface area contributed by atoms with Gasteiger partial charge in [0.2, 0.25) is 0 Å². The predicted molar refractivity (Wildman–Crippen MR) is 81.0 cm³/mol. The van der Waals surface area contributed by atoms with Gasteiger partial charge >= 0.3 is 0 Å². The van der Waals surface area contributed by atoms with E-state index in [0.29, 0.717) is 18.1 Å². The van der Waals surface area contributed by atoms with Gasteiger partial charge in [-0.2, -0.15) is 0 Å². The number of carbonyl (C=O) groups is 1. The number of hydrogen-bond donors (Lipinski definition) is 0. The van der Waals surface area contributed by atoms with Crippen LogP contribution in [0.3, 0.4) is 0 Å². The number of ketones is 1. The molecule has 1 aromatic heterocycles. The Labute approximate surface area is 122 Å². The molecule has 0 unspecified atom stereocenters. The summed E-state index contributed by atoms with van der Waals surface area (Å²) in [4.78, 5) is 13.4. The van der Waals surface area contributed by atoms with Gasteiger partial charge in [0.15, 0.2) is 0 Å². The molecule has 0 saturated heterocycles. The molecule has 0 spiro atoms. The molecule has 1 aliphatic rings. The first-order chi connectivity index (χ1) is 8.56. The molecule has 1 nitrogen and oxygen atoms in total. The van der Waals surface area contributed by atoms with Gasteiger partial charge in [0.1, 0.15) is 5.78 Å². The molecular weight excluding hydrogens is 308 g/mol. The van der Waals surface area contributed by atoms with Crippen LogP contribution < -0.4 is 0 Å². The van der Waals surface area contributed by atoms with E-state index in [9.17, 15) is 4.79 Å². The zero-order valence-corrected chi connectivity index (χ0v) is 13.5. The second kappa shape index (κ2) is 6.33. The van der Waals surface area contributed by atoms with Gasteiger partial charge in [-0.15, -0.1) is 11.3 Å². The highest BCUT2D eigenvalue weighted by molar-refractivity contribution is 9.11. The van der Waals surface area contributed by atoms with E-state index in [1.807, 2.05) is 6.07 Å². The molecule has 0 radical (unpaired) electrons. The number of hydrogen-bond acceptors (Lipinski definition) is 2. The summed E-state index contributed by atoms with van der Waals surface area (Å²) < 4.78 is 1.12. The molecule has 0 N–H and O–H groups in total. The summed E-state index contributed by atoms with van der Waals surface area (Å²) >= 11 is 5.13. The van der Waals surface area contributed by atoms with Gasteiger partial charge < -0.3 is 0 Å². The Bertz CT molecular complexity index is 402. The number of carbonyl (C=O) groups excluding carboxylic acids is 1. The van der Waals surface area contributed by atoms with Crippen LogP contribution in [0.15, 0.2) is 15.9 Å². The second-order valence-electron chi connectivity index (χ2n) is 5.70. The van der Waals surface area contributed by atoms with Crippen LogP contribution in [0.5, 0.6) is 0 Å². The van der Waals surface area contributed by atoms with Gasteiger partial charge in [0, 0.05) is 17.2 Å². The highest BCUT2D eigenvalue weighted by Gasteiger charge is 2.27. The van der Waals surface area contributed by atoms with Crippen molar-refractivity contribution in [2.24, 2.45) is 17.8 Å². The van der Waals surface area contributed by atoms with E-state index in [1.54, 1.807) is 11.3 Å². The monoisotopic (exact) mass is 328 g/mol. The van der Waals surface area contributed by atoms with Gasteiger partial charge in [0.25, 0.3) is 0 Å². The average molecular weight is 329 g/mol. The smallest absolute Gasteiger partial charge is 0.141 e. The maximum Gasteiger partial charge on any atom is 0.141 e. The van der Waals surface area contributed by atoms with E-state index < -0.39 is 0 Å². The van der Waals surface area contributed by atoms with Crippen LogP contribution >= 0.6 is 27.3 Å². The van der Waals surface area contributed by atoms with Gasteiger partial charge in [-0.25, -0.2) is 0 Å². The Kier molecular flexibility index (Phi) is 5.02. The SMILES string of the molecule is CC(C)C1CCC(C(=O)Cc2ccc(Br)s2)CC1. The van der Waals surface area contributed by atoms with Crippen molar-refractivity contribution in [3.05, 3.63) is 20.8 Å². The van der Waals surface area contributed by atoms with E-state index >= 15 is 0 Å². The molecule has 18 heavy (non-hydrogen) atoms. The lowest BCUT2D eigenvalue weighted by Crippen LogP contribution is -2.25. The third kappa shape index (κ3) is 3.67. The predicted octanol–water partition coefficient (Wildman–Crippen LogP) is 5.08. The highest BCUT2D eigenvalue weighted by atomic mass is 79.9. The Morgan fingerprint density at radius 3 is 2.50 bits per heavy atom. The minimum absolute atomic E-state index is 0.320. The van der Waals surface area contributed by atoms with Crippen LogP contribution in [0.2, 0.25) is 0 Å². The fourth-order valence-electron chi connectivity index (χ4n) is 2.87. The zero-order chi connectivity index (χ0) is 13.1. The lowest BCUT2D eigenvalue weighted by molar-refractivity contribution is -0.123. The molecule has 1 aliphatic carbocycles. The summed E-state index contributed by atoms with van der Waals surface area (Å²) in [5.41, 5.74) is 0. The van der Waals surface area contributed by atoms with Crippen molar-refractivity contribution < 1.29 is 4.79 Å². The summed E-state index contributed by atoms with van der Waals surface area (Å²) in [6.45, 7) is 4.60. The highest BCUT2D eigenvalue weighted by Crippen LogP contribution is 2.34. The topological polar surface area (TPSA) is 17.1 Å². The lowest BCUT2D eigenvalue weighted by atomic mass is 9.75. The van der Waals surface area contributed by atoms with Crippen LogP contribution in [0, 0.1) is 17.8 Å². The minimum atomic E-state index is 0.320. The molecule has 100 valence electrons. The fraction of sp³-hybridized carbons (Fsp3) is 0.667. The van der Waals surface area contributed by atoms with Crippen molar-refractivity contribution in [2.75, 3.05) is 0 Å². The van der Waals surface area contributed by atoms with Crippen LogP contribution in [0.25, 0.3) is 0 Å². The molecule has 0 aromatic carbocycles. The number of halogens is 1. The van der Waals surface area contributed by atoms with Gasteiger partial charge in [-0.3, -0.25) is 4.79 Å². The van der Waals surface area contributed by atoms with E-state index in [2.05, 4.69) is 35.8 Å². The first-order valence-corrected chi connectivity index (χ1v) is 8.44. The van der Waals surface area contributed by atoms with Gasteiger partial charge in [-0.05, 0) is 65.6 Å². The molecule has 0 atom stereocenters. The number of thiophene rings is 1. The summed E-state index contributed by atoms with van der Waals surface area (Å²) in [7, 11) is 0. The first kappa shape index (κ1) is 14.3. The summed E-state index contributed by atoms with van der Waals surface area (Å²) in [5.74, 6) is 2.38. The molecule has 2 rings (SSSR count). The molecule has 0 aliphatic heterocycles. The van der Waals surface area contributed by atoms with Crippen LogP contribution in [0.1, 0.15) is 44.4 Å². The third-order valence-corrected chi connectivity index (χ3v) is 5.77. The second-order valence-corrected chi connectivity index (χ2v) is 8.25. The zero-order valence-electron chi connectivity index (χ0n) is 11.1. The summed E-state index contributed by atoms with van der Waals surface area (Å²) in [6.07, 6.45) is 5.32. The van der Waals surface area contributed by atoms with E-state index in [0.717, 1.165) is 28.5 Å². The number of rotatable bonds is 4. The van der Waals surface area contributed by atoms with E-state index in [4.69, 9.17) is 0 Å². The Morgan fingerprint density at radius 1 is 1.33 bits per heavy atom. The normalized spacial score (nSPS) is 24.4. The standard InChI is InChI=1S/C15H21BrOS/c1-10(2)11-3-5-12(6-4-11)14(17)9-13-7-8-15(16)18-13/h7-8,10-12H,3-6,9H2,1-2H3. The van der Waals surface area contributed by atoms with Crippen molar-refractivity contribution in [1.82, 2.24) is 0 Å².